The average Bonchev–Trinajstić information content (AvgIpc) is 3.41. The monoisotopic (exact) mass is 678 g/mol. The van der Waals surface area contributed by atoms with E-state index in [2.05, 4.69) is 67.0 Å². The van der Waals surface area contributed by atoms with E-state index in [4.69, 9.17) is 23.7 Å². The van der Waals surface area contributed by atoms with Crippen molar-refractivity contribution in [1.29, 1.82) is 0 Å². The molecule has 1 N–H and O–H groups in total. The number of nitrogens with one attached hydrogen (secondary N) is 1. The number of allylic oxidation sites excluding steroid dienone is 10. The third kappa shape index (κ3) is 12.6. The summed E-state index contributed by atoms with van der Waals surface area (Å²) in [6.07, 6.45) is 25.9. The summed E-state index contributed by atoms with van der Waals surface area (Å²) in [4.78, 5) is 38.3. The largest absolute Gasteiger partial charge is 0.449 e. The first-order chi connectivity index (χ1) is 23.3. The first kappa shape index (κ1) is 39.1. The van der Waals surface area contributed by atoms with Gasteiger partial charge in [0.1, 0.15) is 5.54 Å². The molecule has 0 aromatic heterocycles. The van der Waals surface area contributed by atoms with Gasteiger partial charge in [0.15, 0.2) is 17.2 Å². The first-order valence-electron chi connectivity index (χ1n) is 17.2. The summed E-state index contributed by atoms with van der Waals surface area (Å²) in [5.74, 6) is -0.577. The van der Waals surface area contributed by atoms with Crippen LogP contribution in [0, 0.1) is 0 Å². The van der Waals surface area contributed by atoms with Gasteiger partial charge in [-0.2, -0.15) is 5.01 Å². The Labute approximate surface area is 291 Å². The van der Waals surface area contributed by atoms with E-state index in [0.29, 0.717) is 17.9 Å². The molecular weight excluding hydrogens is 624 g/mol. The summed E-state index contributed by atoms with van der Waals surface area (Å²) in [6, 6.07) is 5.44. The summed E-state index contributed by atoms with van der Waals surface area (Å²) in [5.41, 5.74) is 0.978. The number of hydrazine groups is 1. The Hall–Kier alpha value is -4.31. The van der Waals surface area contributed by atoms with E-state index in [1.54, 1.807) is 26.8 Å². The zero-order chi connectivity index (χ0) is 35.9. The van der Waals surface area contributed by atoms with Crippen molar-refractivity contribution in [3.63, 3.8) is 0 Å². The van der Waals surface area contributed by atoms with Gasteiger partial charge in [0.2, 0.25) is 12.1 Å². The van der Waals surface area contributed by atoms with Gasteiger partial charge in [0.25, 0.3) is 0 Å². The number of hydrogen-bond donors (Lipinski definition) is 1. The highest BCUT2D eigenvalue weighted by Gasteiger charge is 2.57. The Kier molecular flexibility index (Phi) is 14.7. The third-order valence-corrected chi connectivity index (χ3v) is 7.77. The van der Waals surface area contributed by atoms with Crippen molar-refractivity contribution >= 4 is 18.0 Å². The van der Waals surface area contributed by atoms with Crippen LogP contribution in [0.2, 0.25) is 0 Å². The van der Waals surface area contributed by atoms with Crippen LogP contribution in [0.25, 0.3) is 0 Å². The lowest BCUT2D eigenvalue weighted by molar-refractivity contribution is -0.167. The predicted octanol–water partition coefficient (Wildman–Crippen LogP) is 8.54. The highest BCUT2D eigenvalue weighted by Crippen LogP contribution is 2.42. The Bertz CT molecular complexity index is 1420. The molecule has 2 atom stereocenters. The number of carbonyl (C=O) groups excluding carboxylic acids is 3. The van der Waals surface area contributed by atoms with Gasteiger partial charge >= 0.3 is 18.0 Å². The summed E-state index contributed by atoms with van der Waals surface area (Å²) >= 11 is 0. The minimum Gasteiger partial charge on any atom is -0.449 e. The lowest BCUT2D eigenvalue weighted by Gasteiger charge is -2.36. The SMILES string of the molecule is CC/C=C\C/C=C\C/C=C\C/C=C\C/C=C\CCCC(=O)OC(C)OC(=O)NN1C(C)(C)OC(=O)[C@]1(C)Cc1ccc2c(c1)OC(C)(C)O2. The smallest absolute Gasteiger partial charge is 0.425 e. The second-order valence-electron chi connectivity index (χ2n) is 13.2. The minimum absolute atomic E-state index is 0.190. The summed E-state index contributed by atoms with van der Waals surface area (Å²) < 4.78 is 27.8. The molecule has 2 aliphatic rings. The molecule has 1 aromatic rings. The number of carbonyl (C=O) groups is 3. The molecule has 0 radical (unpaired) electrons. The van der Waals surface area contributed by atoms with E-state index in [9.17, 15) is 14.4 Å². The maximum absolute atomic E-state index is 13.1. The lowest BCUT2D eigenvalue weighted by atomic mass is 9.92. The molecule has 0 spiro atoms. The number of benzene rings is 1. The molecule has 10 nitrogen and oxygen atoms in total. The molecule has 1 fully saturated rings. The molecule has 268 valence electrons. The van der Waals surface area contributed by atoms with E-state index in [1.807, 2.05) is 32.1 Å². The number of esters is 2. The van der Waals surface area contributed by atoms with Gasteiger partial charge < -0.3 is 23.7 Å². The highest BCUT2D eigenvalue weighted by molar-refractivity contribution is 5.84. The van der Waals surface area contributed by atoms with E-state index < -0.39 is 41.4 Å². The van der Waals surface area contributed by atoms with Crippen LogP contribution in [0.4, 0.5) is 4.79 Å². The van der Waals surface area contributed by atoms with Crippen LogP contribution in [0.3, 0.4) is 0 Å². The molecule has 1 aromatic carbocycles. The molecule has 1 amide bonds. The van der Waals surface area contributed by atoms with Gasteiger partial charge in [-0.15, -0.1) is 0 Å². The summed E-state index contributed by atoms with van der Waals surface area (Å²) in [7, 11) is 0. The van der Waals surface area contributed by atoms with Crippen LogP contribution in [-0.4, -0.2) is 46.4 Å². The number of rotatable bonds is 18. The average molecular weight is 679 g/mol. The summed E-state index contributed by atoms with van der Waals surface area (Å²) in [5, 5.41) is 1.43. The highest BCUT2D eigenvalue weighted by atomic mass is 16.7. The van der Waals surface area contributed by atoms with E-state index >= 15 is 0 Å². The van der Waals surface area contributed by atoms with Gasteiger partial charge in [0.05, 0.1) is 0 Å². The number of ether oxygens (including phenoxy) is 5. The standard InChI is InChI=1S/C39H54N2O8/c1-8-9-10-11-12-13-14-15-16-17-18-19-20-21-22-23-24-25-34(42)45-30(2)46-36(44)40-41-37(3,4)49-35(43)39(41,7)29-31-26-27-32-33(28-31)48-38(5,6)47-32/h9-10,12-13,15-16,18-19,21-22,26-28,30H,8,11,14,17,20,23-25,29H2,1-7H3,(H,40,44)/b10-9-,13-12-,16-15-,19-18-,22-21-/t30?,39-/m0/s1. The zero-order valence-corrected chi connectivity index (χ0v) is 30.2. The molecule has 10 heteroatoms. The van der Waals surface area contributed by atoms with Crippen LogP contribution in [0.15, 0.2) is 79.0 Å². The van der Waals surface area contributed by atoms with Crippen LogP contribution in [-0.2, 0) is 30.2 Å². The third-order valence-electron chi connectivity index (χ3n) is 7.77. The molecule has 0 bridgehead atoms. The number of fused-ring (bicyclic) bond motifs is 1. The van der Waals surface area contributed by atoms with Crippen molar-refractivity contribution in [1.82, 2.24) is 10.4 Å². The van der Waals surface area contributed by atoms with Gasteiger partial charge in [-0.25, -0.2) is 15.0 Å². The Morgan fingerprint density at radius 1 is 0.816 bits per heavy atom. The van der Waals surface area contributed by atoms with Gasteiger partial charge in [-0.3, -0.25) is 4.79 Å². The zero-order valence-electron chi connectivity index (χ0n) is 30.2. The van der Waals surface area contributed by atoms with Crippen molar-refractivity contribution in [2.75, 3.05) is 0 Å². The number of cyclic esters (lactones) is 1. The van der Waals surface area contributed by atoms with Crippen molar-refractivity contribution in [2.45, 2.75) is 130 Å². The van der Waals surface area contributed by atoms with Crippen molar-refractivity contribution in [3.8, 4) is 11.5 Å². The fourth-order valence-corrected chi connectivity index (χ4v) is 5.52. The van der Waals surface area contributed by atoms with Gasteiger partial charge in [-0.1, -0.05) is 73.8 Å². The van der Waals surface area contributed by atoms with Gasteiger partial charge in [0, 0.05) is 33.6 Å². The van der Waals surface area contributed by atoms with E-state index in [0.717, 1.165) is 44.1 Å². The van der Waals surface area contributed by atoms with E-state index in [-0.39, 0.29) is 12.8 Å². The maximum Gasteiger partial charge on any atom is 0.425 e. The molecule has 1 saturated heterocycles. The predicted molar refractivity (Wildman–Crippen MR) is 189 cm³/mol. The topological polar surface area (TPSA) is 113 Å². The van der Waals surface area contributed by atoms with Crippen molar-refractivity contribution in [2.24, 2.45) is 0 Å². The van der Waals surface area contributed by atoms with Crippen LogP contribution < -0.4 is 14.9 Å². The summed E-state index contributed by atoms with van der Waals surface area (Å²) in [6.45, 7) is 12.2. The normalized spacial score (nSPS) is 20.6. The quantitative estimate of drug-likeness (QED) is 0.0706. The second kappa shape index (κ2) is 18.5. The van der Waals surface area contributed by atoms with E-state index in [1.165, 1.54) is 11.9 Å². The maximum atomic E-state index is 13.1. The molecule has 0 aliphatic carbocycles. The molecule has 1 unspecified atom stereocenters. The van der Waals surface area contributed by atoms with Crippen molar-refractivity contribution in [3.05, 3.63) is 84.5 Å². The number of hydrogen-bond acceptors (Lipinski definition) is 9. The number of nitrogens with zero attached hydrogens (tertiary/aromatic N) is 1. The lowest BCUT2D eigenvalue weighted by Crippen LogP contribution is -2.61. The Morgan fingerprint density at radius 2 is 1.39 bits per heavy atom. The van der Waals surface area contributed by atoms with Crippen LogP contribution in [0.5, 0.6) is 11.5 Å². The fourth-order valence-electron chi connectivity index (χ4n) is 5.52. The molecular formula is C39H54N2O8. The minimum atomic E-state index is -1.27. The molecule has 0 saturated carbocycles. The second-order valence-corrected chi connectivity index (χ2v) is 13.2. The van der Waals surface area contributed by atoms with Crippen LogP contribution in [0.1, 0.15) is 105 Å². The van der Waals surface area contributed by atoms with Crippen LogP contribution >= 0.6 is 0 Å². The van der Waals surface area contributed by atoms with Crippen molar-refractivity contribution < 1.29 is 38.1 Å². The Balaban J connectivity index is 1.36. The first-order valence-corrected chi connectivity index (χ1v) is 17.2. The molecule has 2 aliphatic heterocycles. The number of unbranched alkanes of at least 4 members (excludes halogenated alkanes) is 1. The molecule has 49 heavy (non-hydrogen) atoms. The molecule has 3 rings (SSSR count). The Morgan fingerprint density at radius 3 is 2.00 bits per heavy atom. The molecule has 2 heterocycles. The van der Waals surface area contributed by atoms with Gasteiger partial charge in [-0.05, 0) is 83.4 Å². The fraction of sp³-hybridized carbons (Fsp3) is 0.513. The number of amides is 1.